The van der Waals surface area contributed by atoms with E-state index < -0.39 is 0 Å². The molecule has 1 aromatic rings. The maximum absolute atomic E-state index is 5.41. The number of guanidine groups is 1. The van der Waals surface area contributed by atoms with Crippen LogP contribution in [0.25, 0.3) is 0 Å². The van der Waals surface area contributed by atoms with E-state index in [1.807, 2.05) is 20.0 Å². The van der Waals surface area contributed by atoms with Crippen molar-refractivity contribution >= 4 is 29.9 Å². The second kappa shape index (κ2) is 10.7. The Labute approximate surface area is 156 Å². The molecule has 2 heterocycles. The van der Waals surface area contributed by atoms with Crippen molar-refractivity contribution in [1.29, 1.82) is 0 Å². The zero-order chi connectivity index (χ0) is 15.8. The Bertz CT molecular complexity index is 491. The zero-order valence-electron chi connectivity index (χ0n) is 14.3. The summed E-state index contributed by atoms with van der Waals surface area (Å²) in [5.41, 5.74) is 0.978. The molecule has 1 fully saturated rings. The molecule has 0 radical (unpaired) electrons. The largest absolute Gasteiger partial charge is 0.381 e. The normalized spacial score (nSPS) is 15.9. The van der Waals surface area contributed by atoms with Gasteiger partial charge in [-0.05, 0) is 38.2 Å². The molecule has 0 unspecified atom stereocenters. The Balaban J connectivity index is 0.00000264. The summed E-state index contributed by atoms with van der Waals surface area (Å²) < 4.78 is 5.41. The summed E-state index contributed by atoms with van der Waals surface area (Å²) in [4.78, 5) is 15.0. The van der Waals surface area contributed by atoms with Gasteiger partial charge in [-0.2, -0.15) is 0 Å². The van der Waals surface area contributed by atoms with Gasteiger partial charge in [-0.1, -0.05) is 0 Å². The lowest BCUT2D eigenvalue weighted by Gasteiger charge is -2.26. The first-order valence-corrected chi connectivity index (χ1v) is 7.97. The van der Waals surface area contributed by atoms with Gasteiger partial charge in [0, 0.05) is 40.1 Å². The Kier molecular flexibility index (Phi) is 9.39. The molecule has 2 rings (SSSR count). The van der Waals surface area contributed by atoms with Crippen LogP contribution in [0.4, 0.5) is 0 Å². The minimum Gasteiger partial charge on any atom is -0.381 e. The topological polar surface area (TPSA) is 62.6 Å². The SMILES string of the molecule is CN=C(NCc1ccnc(C)n1)N(C)CCC1CCOCC1.I. The summed E-state index contributed by atoms with van der Waals surface area (Å²) in [5, 5.41) is 3.36. The van der Waals surface area contributed by atoms with Crippen molar-refractivity contribution in [1.82, 2.24) is 20.2 Å². The third-order valence-corrected chi connectivity index (χ3v) is 4.05. The number of rotatable bonds is 5. The van der Waals surface area contributed by atoms with Gasteiger partial charge in [0.1, 0.15) is 5.82 Å². The van der Waals surface area contributed by atoms with Crippen LogP contribution >= 0.6 is 24.0 Å². The van der Waals surface area contributed by atoms with Crippen LogP contribution in [-0.2, 0) is 11.3 Å². The van der Waals surface area contributed by atoms with Gasteiger partial charge >= 0.3 is 0 Å². The molecule has 0 spiro atoms. The number of aliphatic imine (C=N–C) groups is 1. The third-order valence-electron chi connectivity index (χ3n) is 4.05. The third kappa shape index (κ3) is 6.99. The number of hydrogen-bond donors (Lipinski definition) is 1. The van der Waals surface area contributed by atoms with E-state index in [-0.39, 0.29) is 24.0 Å². The maximum Gasteiger partial charge on any atom is 0.193 e. The first-order chi connectivity index (χ1) is 10.7. The molecule has 23 heavy (non-hydrogen) atoms. The summed E-state index contributed by atoms with van der Waals surface area (Å²) >= 11 is 0. The minimum atomic E-state index is 0. The highest BCUT2D eigenvalue weighted by Crippen LogP contribution is 2.18. The molecule has 0 bridgehead atoms. The highest BCUT2D eigenvalue weighted by molar-refractivity contribution is 14.0. The lowest BCUT2D eigenvalue weighted by atomic mass is 9.96. The molecule has 1 aromatic heterocycles. The van der Waals surface area contributed by atoms with Crippen LogP contribution in [0, 0.1) is 12.8 Å². The summed E-state index contributed by atoms with van der Waals surface area (Å²) in [5.74, 6) is 2.48. The fourth-order valence-corrected chi connectivity index (χ4v) is 2.68. The quantitative estimate of drug-likeness (QED) is 0.439. The lowest BCUT2D eigenvalue weighted by Crippen LogP contribution is -2.39. The van der Waals surface area contributed by atoms with Crippen LogP contribution in [0.15, 0.2) is 17.3 Å². The highest BCUT2D eigenvalue weighted by Gasteiger charge is 2.15. The molecule has 7 heteroatoms. The van der Waals surface area contributed by atoms with E-state index in [2.05, 4.69) is 32.2 Å². The second-order valence-corrected chi connectivity index (χ2v) is 5.76. The number of aryl methyl sites for hydroxylation is 1. The molecule has 6 nitrogen and oxygen atoms in total. The zero-order valence-corrected chi connectivity index (χ0v) is 16.6. The van der Waals surface area contributed by atoms with Gasteiger partial charge in [-0.15, -0.1) is 24.0 Å². The summed E-state index contributed by atoms with van der Waals surface area (Å²) in [6, 6.07) is 1.93. The van der Waals surface area contributed by atoms with E-state index in [9.17, 15) is 0 Å². The molecule has 1 aliphatic heterocycles. The van der Waals surface area contributed by atoms with Crippen LogP contribution in [0.1, 0.15) is 30.8 Å². The minimum absolute atomic E-state index is 0. The van der Waals surface area contributed by atoms with Gasteiger partial charge in [0.05, 0.1) is 12.2 Å². The standard InChI is InChI=1S/C16H27N5O.HI/c1-13-18-8-4-15(20-13)12-19-16(17-2)21(3)9-5-14-6-10-22-11-7-14;/h4,8,14H,5-7,9-12H2,1-3H3,(H,17,19);1H. The molecular weight excluding hydrogens is 405 g/mol. The average molecular weight is 433 g/mol. The van der Waals surface area contributed by atoms with Crippen LogP contribution < -0.4 is 5.32 Å². The predicted octanol–water partition coefficient (Wildman–Crippen LogP) is 2.23. The van der Waals surface area contributed by atoms with E-state index in [0.717, 1.165) is 43.2 Å². The fraction of sp³-hybridized carbons (Fsp3) is 0.688. The number of ether oxygens (including phenoxy) is 1. The van der Waals surface area contributed by atoms with Gasteiger partial charge in [0.2, 0.25) is 0 Å². The number of nitrogens with one attached hydrogen (secondary N) is 1. The van der Waals surface area contributed by atoms with Crippen molar-refractivity contribution in [3.63, 3.8) is 0 Å². The molecular formula is C16H28IN5O. The Morgan fingerprint density at radius 2 is 2.17 bits per heavy atom. The summed E-state index contributed by atoms with van der Waals surface area (Å²) in [7, 11) is 3.90. The lowest BCUT2D eigenvalue weighted by molar-refractivity contribution is 0.0625. The maximum atomic E-state index is 5.41. The van der Waals surface area contributed by atoms with E-state index in [0.29, 0.717) is 6.54 Å². The van der Waals surface area contributed by atoms with Crippen LogP contribution in [0.3, 0.4) is 0 Å². The number of nitrogens with zero attached hydrogens (tertiary/aromatic N) is 4. The van der Waals surface area contributed by atoms with Crippen molar-refractivity contribution in [3.05, 3.63) is 23.8 Å². The monoisotopic (exact) mass is 433 g/mol. The molecule has 0 saturated carbocycles. The molecule has 0 aliphatic carbocycles. The first-order valence-electron chi connectivity index (χ1n) is 7.97. The fourth-order valence-electron chi connectivity index (χ4n) is 2.68. The molecule has 1 saturated heterocycles. The van der Waals surface area contributed by atoms with Crippen LogP contribution in [0.2, 0.25) is 0 Å². The van der Waals surface area contributed by atoms with Crippen molar-refractivity contribution in [2.75, 3.05) is 33.9 Å². The van der Waals surface area contributed by atoms with Crippen molar-refractivity contribution < 1.29 is 4.74 Å². The molecule has 130 valence electrons. The van der Waals surface area contributed by atoms with E-state index in [4.69, 9.17) is 4.74 Å². The second-order valence-electron chi connectivity index (χ2n) is 5.76. The molecule has 0 aromatic carbocycles. The Hall–Kier alpha value is -0.960. The van der Waals surface area contributed by atoms with Crippen molar-refractivity contribution in [2.45, 2.75) is 32.7 Å². The van der Waals surface area contributed by atoms with Crippen molar-refractivity contribution in [2.24, 2.45) is 10.9 Å². The van der Waals surface area contributed by atoms with Crippen LogP contribution in [0.5, 0.6) is 0 Å². The Morgan fingerprint density at radius 1 is 1.43 bits per heavy atom. The first kappa shape index (κ1) is 20.1. The predicted molar refractivity (Wildman–Crippen MR) is 103 cm³/mol. The molecule has 0 amide bonds. The number of aromatic nitrogens is 2. The van der Waals surface area contributed by atoms with E-state index >= 15 is 0 Å². The van der Waals surface area contributed by atoms with Gasteiger partial charge in [-0.25, -0.2) is 9.97 Å². The number of halogens is 1. The Morgan fingerprint density at radius 3 is 2.83 bits per heavy atom. The smallest absolute Gasteiger partial charge is 0.193 e. The van der Waals surface area contributed by atoms with Gasteiger partial charge < -0.3 is 15.0 Å². The average Bonchev–Trinajstić information content (AvgIpc) is 2.54. The molecule has 1 aliphatic rings. The van der Waals surface area contributed by atoms with Crippen molar-refractivity contribution in [3.8, 4) is 0 Å². The summed E-state index contributed by atoms with van der Waals surface area (Å²) in [6.45, 7) is 5.39. The molecule has 0 atom stereocenters. The van der Waals surface area contributed by atoms with Gasteiger partial charge in [0.15, 0.2) is 5.96 Å². The van der Waals surface area contributed by atoms with Crippen LogP contribution in [-0.4, -0.2) is 54.7 Å². The summed E-state index contributed by atoms with van der Waals surface area (Å²) in [6.07, 6.45) is 5.34. The molecule has 1 N–H and O–H groups in total. The van der Waals surface area contributed by atoms with Gasteiger partial charge in [-0.3, -0.25) is 4.99 Å². The van der Waals surface area contributed by atoms with Gasteiger partial charge in [0.25, 0.3) is 0 Å². The number of hydrogen-bond acceptors (Lipinski definition) is 4. The van der Waals surface area contributed by atoms with E-state index in [1.54, 1.807) is 6.20 Å². The van der Waals surface area contributed by atoms with E-state index in [1.165, 1.54) is 19.3 Å². The highest BCUT2D eigenvalue weighted by atomic mass is 127.